The van der Waals surface area contributed by atoms with E-state index in [0.717, 1.165) is 18.1 Å². The molecular weight excluding hydrogens is 524 g/mol. The van der Waals surface area contributed by atoms with Crippen LogP contribution in [0.1, 0.15) is 48.1 Å². The Kier molecular flexibility index (Phi) is 8.19. The highest BCUT2D eigenvalue weighted by Crippen LogP contribution is 2.29. The lowest BCUT2D eigenvalue weighted by Crippen LogP contribution is -2.09. The largest absolute Gasteiger partial charge is 0.493 e. The first kappa shape index (κ1) is 27.7. The third kappa shape index (κ3) is 5.87. The van der Waals surface area contributed by atoms with E-state index in [-0.39, 0.29) is 11.0 Å². The Bertz CT molecular complexity index is 1830. The topological polar surface area (TPSA) is 116 Å². The molecule has 1 N–H and O–H groups in total. The van der Waals surface area contributed by atoms with Crippen molar-refractivity contribution in [1.29, 1.82) is 0 Å². The normalized spacial score (nSPS) is 11.2. The van der Waals surface area contributed by atoms with E-state index in [9.17, 15) is 19.5 Å². The van der Waals surface area contributed by atoms with E-state index in [1.54, 1.807) is 37.3 Å². The highest BCUT2D eigenvalue weighted by Gasteiger charge is 2.17. The van der Waals surface area contributed by atoms with Crippen LogP contribution < -0.4 is 20.3 Å². The number of carboxylic acids is 1. The molecule has 2 heterocycles. The second kappa shape index (κ2) is 12.1. The molecule has 8 nitrogen and oxygen atoms in total. The number of unbranched alkanes of at least 4 members (excludes halogenated alkanes) is 1. The van der Waals surface area contributed by atoms with Gasteiger partial charge in [-0.3, -0.25) is 9.59 Å². The number of carboxylic acid groups (broad SMARTS) is 1. The maximum absolute atomic E-state index is 13.1. The SMILES string of the molecule is CCCc1c(OCCCCOc2ccc3c(=O)c(-c4ccccc4)c(C)oc3c2)ccc2c(=O)cc(C(=O)O)oc12. The molecule has 3 aromatic carbocycles. The van der Waals surface area contributed by atoms with E-state index in [2.05, 4.69) is 0 Å². The zero-order valence-corrected chi connectivity index (χ0v) is 22.9. The number of hydrogen-bond donors (Lipinski definition) is 1. The zero-order chi connectivity index (χ0) is 28.9. The Morgan fingerprint density at radius 2 is 1.61 bits per heavy atom. The van der Waals surface area contributed by atoms with Gasteiger partial charge >= 0.3 is 5.97 Å². The van der Waals surface area contributed by atoms with E-state index < -0.39 is 17.2 Å². The van der Waals surface area contributed by atoms with Gasteiger partial charge < -0.3 is 23.4 Å². The number of fused-ring (bicyclic) bond motifs is 2. The molecule has 0 saturated heterocycles. The summed E-state index contributed by atoms with van der Waals surface area (Å²) in [6.45, 7) is 4.62. The first-order chi connectivity index (χ1) is 19.9. The smallest absolute Gasteiger partial charge is 0.371 e. The summed E-state index contributed by atoms with van der Waals surface area (Å²) in [6.07, 6.45) is 2.75. The predicted molar refractivity (Wildman–Crippen MR) is 156 cm³/mol. The Morgan fingerprint density at radius 1 is 0.878 bits per heavy atom. The second-order valence-electron chi connectivity index (χ2n) is 9.74. The van der Waals surface area contributed by atoms with Crippen LogP contribution in [-0.4, -0.2) is 24.3 Å². The van der Waals surface area contributed by atoms with Crippen molar-refractivity contribution in [3.63, 3.8) is 0 Å². The molecule has 0 spiro atoms. The quantitative estimate of drug-likeness (QED) is 0.178. The van der Waals surface area contributed by atoms with Crippen LogP contribution >= 0.6 is 0 Å². The monoisotopic (exact) mass is 554 g/mol. The van der Waals surface area contributed by atoms with Crippen molar-refractivity contribution in [2.45, 2.75) is 39.5 Å². The van der Waals surface area contributed by atoms with Crippen molar-refractivity contribution >= 4 is 27.9 Å². The molecule has 2 aromatic heterocycles. The number of aromatic carboxylic acids is 1. The van der Waals surface area contributed by atoms with E-state index in [4.69, 9.17) is 18.3 Å². The standard InChI is InChI=1S/C33H30O8/c1-3-9-25-27(15-14-23-26(34)19-29(33(36)37)41-32(23)25)39-17-8-7-16-38-22-12-13-24-28(18-22)40-20(2)30(31(24)35)21-10-5-4-6-11-21/h4-6,10-15,18-19H,3,7-9,16-17H2,1-2H3,(H,36,37). The molecule has 0 radical (unpaired) electrons. The van der Waals surface area contributed by atoms with Crippen molar-refractivity contribution in [1.82, 2.24) is 0 Å². The van der Waals surface area contributed by atoms with Crippen LogP contribution in [-0.2, 0) is 6.42 Å². The number of ether oxygens (including phenoxy) is 2. The summed E-state index contributed by atoms with van der Waals surface area (Å²) in [4.78, 5) is 36.9. The van der Waals surface area contributed by atoms with Crippen LogP contribution in [0, 0.1) is 6.92 Å². The van der Waals surface area contributed by atoms with Gasteiger partial charge in [-0.2, -0.15) is 0 Å². The van der Waals surface area contributed by atoms with E-state index >= 15 is 0 Å². The second-order valence-corrected chi connectivity index (χ2v) is 9.74. The van der Waals surface area contributed by atoms with Gasteiger partial charge in [-0.25, -0.2) is 4.79 Å². The third-order valence-corrected chi connectivity index (χ3v) is 6.84. The minimum atomic E-state index is -1.29. The Morgan fingerprint density at radius 3 is 2.34 bits per heavy atom. The molecule has 0 aliphatic heterocycles. The Hall–Kier alpha value is -4.85. The van der Waals surface area contributed by atoms with Gasteiger partial charge in [-0.1, -0.05) is 43.7 Å². The molecule has 0 saturated carbocycles. The fourth-order valence-electron chi connectivity index (χ4n) is 4.87. The summed E-state index contributed by atoms with van der Waals surface area (Å²) in [5.74, 6) is 0.0445. The fraction of sp³-hybridized carbons (Fsp3) is 0.242. The van der Waals surface area contributed by atoms with E-state index in [1.165, 1.54) is 0 Å². The molecule has 0 fully saturated rings. The Labute approximate surface area is 235 Å². The zero-order valence-electron chi connectivity index (χ0n) is 22.9. The number of benzene rings is 3. The first-order valence-electron chi connectivity index (χ1n) is 13.6. The maximum atomic E-state index is 13.1. The average molecular weight is 555 g/mol. The summed E-state index contributed by atoms with van der Waals surface area (Å²) in [5, 5.41) is 10.1. The van der Waals surface area contributed by atoms with Crippen molar-refractivity contribution in [3.8, 4) is 22.6 Å². The van der Waals surface area contributed by atoms with Crippen molar-refractivity contribution in [2.75, 3.05) is 13.2 Å². The van der Waals surface area contributed by atoms with Crippen LogP contribution in [0.3, 0.4) is 0 Å². The van der Waals surface area contributed by atoms with Gasteiger partial charge in [-0.05, 0) is 56.0 Å². The highest BCUT2D eigenvalue weighted by molar-refractivity contribution is 5.89. The van der Waals surface area contributed by atoms with Crippen LogP contribution in [0.2, 0.25) is 0 Å². The fourth-order valence-corrected chi connectivity index (χ4v) is 4.87. The molecular formula is C33H30O8. The molecule has 0 unspecified atom stereocenters. The molecule has 41 heavy (non-hydrogen) atoms. The number of aryl methyl sites for hydroxylation is 2. The van der Waals surface area contributed by atoms with Crippen LogP contribution in [0.4, 0.5) is 0 Å². The summed E-state index contributed by atoms with van der Waals surface area (Å²) < 4.78 is 23.5. The summed E-state index contributed by atoms with van der Waals surface area (Å²) in [5.41, 5.74) is 2.33. The van der Waals surface area contributed by atoms with Crippen LogP contribution in [0.15, 0.2) is 85.2 Å². The molecule has 0 bridgehead atoms. The third-order valence-electron chi connectivity index (χ3n) is 6.84. The summed E-state index contributed by atoms with van der Waals surface area (Å²) in [7, 11) is 0. The number of rotatable bonds is 11. The molecule has 0 aliphatic rings. The van der Waals surface area contributed by atoms with Crippen molar-refractivity contribution in [2.24, 2.45) is 0 Å². The highest BCUT2D eigenvalue weighted by atomic mass is 16.5. The summed E-state index contributed by atoms with van der Waals surface area (Å²) in [6, 6.07) is 19.0. The molecule has 5 aromatic rings. The minimum absolute atomic E-state index is 0.0757. The molecule has 0 aliphatic carbocycles. The van der Waals surface area contributed by atoms with E-state index in [0.29, 0.717) is 77.2 Å². The van der Waals surface area contributed by atoms with Crippen LogP contribution in [0.5, 0.6) is 11.5 Å². The molecule has 0 amide bonds. The van der Waals surface area contributed by atoms with Gasteiger partial charge in [0.1, 0.15) is 28.4 Å². The summed E-state index contributed by atoms with van der Waals surface area (Å²) >= 11 is 0. The van der Waals surface area contributed by atoms with Gasteiger partial charge in [0, 0.05) is 17.7 Å². The lowest BCUT2D eigenvalue weighted by Gasteiger charge is -2.13. The van der Waals surface area contributed by atoms with Crippen molar-refractivity contribution in [3.05, 3.63) is 104 Å². The molecule has 8 heteroatoms. The minimum Gasteiger partial charge on any atom is -0.493 e. The lowest BCUT2D eigenvalue weighted by atomic mass is 10.0. The van der Waals surface area contributed by atoms with Gasteiger partial charge in [0.2, 0.25) is 11.2 Å². The average Bonchev–Trinajstić information content (AvgIpc) is 2.96. The lowest BCUT2D eigenvalue weighted by molar-refractivity contribution is 0.0663. The van der Waals surface area contributed by atoms with Crippen molar-refractivity contribution < 1.29 is 28.2 Å². The van der Waals surface area contributed by atoms with Gasteiger partial charge in [-0.15, -0.1) is 0 Å². The molecule has 210 valence electrons. The molecule has 0 atom stereocenters. The number of hydrogen-bond acceptors (Lipinski definition) is 7. The van der Waals surface area contributed by atoms with Gasteiger partial charge in [0.25, 0.3) is 0 Å². The van der Waals surface area contributed by atoms with Crippen LogP contribution in [0.25, 0.3) is 33.1 Å². The maximum Gasteiger partial charge on any atom is 0.371 e. The predicted octanol–water partition coefficient (Wildman–Crippen LogP) is 6.76. The molecule has 5 rings (SSSR count). The van der Waals surface area contributed by atoms with Gasteiger partial charge in [0.05, 0.1) is 29.5 Å². The first-order valence-corrected chi connectivity index (χ1v) is 13.6. The Balaban J connectivity index is 1.21. The van der Waals surface area contributed by atoms with E-state index in [1.807, 2.05) is 37.3 Å². The number of carbonyl (C=O) groups is 1. The van der Waals surface area contributed by atoms with Gasteiger partial charge in [0.15, 0.2) is 5.43 Å².